The topological polar surface area (TPSA) is 76.2 Å². The van der Waals surface area contributed by atoms with Crippen LogP contribution in [0.3, 0.4) is 0 Å². The SMILES string of the molecule is COc1c(-c2nn(COCC[Si](C)(C)C)c3nc(Cl)ccc23)ccc2c1ncn2COCC[Si](C)(C)C. The van der Waals surface area contributed by atoms with Gasteiger partial charge in [0, 0.05) is 40.3 Å². The smallest absolute Gasteiger partial charge is 0.162 e. The molecule has 0 unspecified atom stereocenters. The van der Waals surface area contributed by atoms with Crippen molar-refractivity contribution in [1.82, 2.24) is 24.3 Å². The standard InChI is InChI=1S/C26H38ClN5O3Si2/c1-33-25-19(8-10-21-24(25)28-16-31(21)17-34-12-14-36(2,3)4)23-20-9-11-22(27)29-26(20)32(30-23)18-35-13-15-37(5,6)7/h8-11,16H,12-15,17-18H2,1-7H3. The van der Waals surface area contributed by atoms with Crippen LogP contribution in [0.2, 0.25) is 56.5 Å². The molecule has 0 amide bonds. The normalized spacial score (nSPS) is 12.6. The van der Waals surface area contributed by atoms with Crippen molar-refractivity contribution in [2.24, 2.45) is 0 Å². The van der Waals surface area contributed by atoms with Crippen molar-refractivity contribution in [3.8, 4) is 17.0 Å². The van der Waals surface area contributed by atoms with E-state index < -0.39 is 16.1 Å². The maximum atomic E-state index is 6.25. The van der Waals surface area contributed by atoms with Gasteiger partial charge < -0.3 is 18.8 Å². The first-order valence-corrected chi connectivity index (χ1v) is 20.5. The van der Waals surface area contributed by atoms with E-state index in [0.29, 0.717) is 36.6 Å². The van der Waals surface area contributed by atoms with E-state index in [0.717, 1.165) is 46.4 Å². The lowest BCUT2D eigenvalue weighted by Gasteiger charge is -2.15. The fraction of sp³-hybridized carbons (Fsp3) is 0.500. The molecule has 37 heavy (non-hydrogen) atoms. The number of nitrogens with zero attached hydrogens (tertiary/aromatic N) is 5. The van der Waals surface area contributed by atoms with Gasteiger partial charge in [-0.15, -0.1) is 0 Å². The first-order chi connectivity index (χ1) is 17.5. The van der Waals surface area contributed by atoms with Gasteiger partial charge in [-0.25, -0.2) is 14.6 Å². The number of pyridine rings is 1. The number of rotatable bonds is 12. The maximum absolute atomic E-state index is 6.25. The summed E-state index contributed by atoms with van der Waals surface area (Å²) in [5, 5.41) is 6.18. The van der Waals surface area contributed by atoms with Crippen LogP contribution in [0.15, 0.2) is 30.6 Å². The largest absolute Gasteiger partial charge is 0.494 e. The predicted octanol–water partition coefficient (Wildman–Crippen LogP) is 6.73. The lowest BCUT2D eigenvalue weighted by Crippen LogP contribution is -2.22. The van der Waals surface area contributed by atoms with Crippen LogP contribution in [-0.2, 0) is 22.9 Å². The molecule has 0 fully saturated rings. The number of benzene rings is 1. The molecule has 0 saturated carbocycles. The minimum Gasteiger partial charge on any atom is -0.494 e. The van der Waals surface area contributed by atoms with Gasteiger partial charge in [0.2, 0.25) is 0 Å². The number of imidazole rings is 1. The first-order valence-electron chi connectivity index (χ1n) is 12.7. The van der Waals surface area contributed by atoms with Gasteiger partial charge in [0.1, 0.15) is 29.8 Å². The Morgan fingerprint density at radius 2 is 1.57 bits per heavy atom. The molecule has 3 heterocycles. The second-order valence-corrected chi connectivity index (χ2v) is 23.4. The van der Waals surface area contributed by atoms with E-state index in [1.807, 2.05) is 22.8 Å². The van der Waals surface area contributed by atoms with Gasteiger partial charge in [-0.3, -0.25) is 0 Å². The zero-order valence-corrected chi connectivity index (χ0v) is 25.7. The fourth-order valence-electron chi connectivity index (χ4n) is 3.99. The highest BCUT2D eigenvalue weighted by molar-refractivity contribution is 6.76. The molecule has 0 aliphatic heterocycles. The summed E-state index contributed by atoms with van der Waals surface area (Å²) in [6.07, 6.45) is 1.80. The van der Waals surface area contributed by atoms with Crippen molar-refractivity contribution in [3.05, 3.63) is 35.7 Å². The fourth-order valence-corrected chi connectivity index (χ4v) is 5.65. The van der Waals surface area contributed by atoms with E-state index in [4.69, 9.17) is 30.9 Å². The first kappa shape index (κ1) is 27.8. The van der Waals surface area contributed by atoms with Gasteiger partial charge in [0.05, 0.1) is 19.0 Å². The Bertz CT molecular complexity index is 1370. The molecule has 0 spiro atoms. The average molecular weight is 560 g/mol. The highest BCUT2D eigenvalue weighted by Crippen LogP contribution is 2.38. The van der Waals surface area contributed by atoms with Crippen LogP contribution in [-0.4, -0.2) is 60.8 Å². The van der Waals surface area contributed by atoms with Crippen molar-refractivity contribution in [2.45, 2.75) is 64.8 Å². The molecule has 4 aromatic rings. The molecule has 200 valence electrons. The van der Waals surface area contributed by atoms with Crippen molar-refractivity contribution in [1.29, 1.82) is 0 Å². The Balaban J connectivity index is 1.64. The number of fused-ring (bicyclic) bond motifs is 2. The average Bonchev–Trinajstić information content (AvgIpc) is 3.39. The van der Waals surface area contributed by atoms with Crippen molar-refractivity contribution in [2.75, 3.05) is 20.3 Å². The predicted molar refractivity (Wildman–Crippen MR) is 156 cm³/mol. The summed E-state index contributed by atoms with van der Waals surface area (Å²) in [6, 6.07) is 10.0. The molecule has 3 aromatic heterocycles. The molecule has 0 aliphatic rings. The van der Waals surface area contributed by atoms with Crippen LogP contribution in [0.25, 0.3) is 33.3 Å². The van der Waals surface area contributed by atoms with E-state index in [2.05, 4.69) is 49.3 Å². The van der Waals surface area contributed by atoms with Crippen molar-refractivity contribution < 1.29 is 14.2 Å². The van der Waals surface area contributed by atoms with Crippen LogP contribution in [0.4, 0.5) is 0 Å². The Labute approximate surface area is 225 Å². The lowest BCUT2D eigenvalue weighted by atomic mass is 10.1. The molecule has 1 aromatic carbocycles. The molecule has 8 nitrogen and oxygen atoms in total. The van der Waals surface area contributed by atoms with E-state index >= 15 is 0 Å². The molecule has 4 rings (SSSR count). The van der Waals surface area contributed by atoms with E-state index in [-0.39, 0.29) is 0 Å². The third-order valence-electron chi connectivity index (χ3n) is 6.20. The lowest BCUT2D eigenvalue weighted by molar-refractivity contribution is 0.0814. The molecule has 0 aliphatic carbocycles. The number of ether oxygens (including phenoxy) is 3. The Kier molecular flexibility index (Phi) is 8.44. The molecule has 0 radical (unpaired) electrons. The summed E-state index contributed by atoms with van der Waals surface area (Å²) in [4.78, 5) is 9.21. The van der Waals surface area contributed by atoms with Gasteiger partial charge >= 0.3 is 0 Å². The van der Waals surface area contributed by atoms with E-state index in [1.54, 1.807) is 24.2 Å². The summed E-state index contributed by atoms with van der Waals surface area (Å²) >= 11 is 6.25. The van der Waals surface area contributed by atoms with E-state index in [1.165, 1.54) is 0 Å². The highest BCUT2D eigenvalue weighted by Gasteiger charge is 2.21. The Morgan fingerprint density at radius 1 is 0.892 bits per heavy atom. The number of aromatic nitrogens is 5. The number of hydrogen-bond donors (Lipinski definition) is 0. The van der Waals surface area contributed by atoms with Crippen LogP contribution in [0.5, 0.6) is 5.75 Å². The zero-order chi connectivity index (χ0) is 26.8. The van der Waals surface area contributed by atoms with Crippen LogP contribution >= 0.6 is 11.6 Å². The van der Waals surface area contributed by atoms with Gasteiger partial charge in [0.25, 0.3) is 0 Å². The molecular weight excluding hydrogens is 522 g/mol. The van der Waals surface area contributed by atoms with Crippen molar-refractivity contribution >= 4 is 49.8 Å². The Hall–Kier alpha value is -2.25. The maximum Gasteiger partial charge on any atom is 0.162 e. The van der Waals surface area contributed by atoms with Gasteiger partial charge in [-0.05, 0) is 36.4 Å². The molecule has 0 saturated heterocycles. The van der Waals surface area contributed by atoms with Crippen LogP contribution < -0.4 is 4.74 Å². The molecule has 0 atom stereocenters. The second-order valence-electron chi connectivity index (χ2n) is 11.8. The number of methoxy groups -OCH3 is 1. The number of hydrogen-bond acceptors (Lipinski definition) is 6. The third-order valence-corrected chi connectivity index (χ3v) is 9.82. The summed E-state index contributed by atoms with van der Waals surface area (Å²) in [5.41, 5.74) is 4.00. The second kappa shape index (κ2) is 11.2. The van der Waals surface area contributed by atoms with Gasteiger partial charge in [-0.1, -0.05) is 50.9 Å². The number of halogens is 1. The quantitative estimate of drug-likeness (QED) is 0.109. The van der Waals surface area contributed by atoms with E-state index in [9.17, 15) is 0 Å². The minimum atomic E-state index is -1.19. The summed E-state index contributed by atoms with van der Waals surface area (Å²) in [7, 11) is -0.659. The zero-order valence-electron chi connectivity index (χ0n) is 23.0. The van der Waals surface area contributed by atoms with Gasteiger partial charge in [0.15, 0.2) is 11.4 Å². The highest BCUT2D eigenvalue weighted by atomic mass is 35.5. The summed E-state index contributed by atoms with van der Waals surface area (Å²) < 4.78 is 21.6. The van der Waals surface area contributed by atoms with Crippen molar-refractivity contribution in [3.63, 3.8) is 0 Å². The van der Waals surface area contributed by atoms with Crippen LogP contribution in [0, 0.1) is 0 Å². The minimum absolute atomic E-state index is 0.308. The van der Waals surface area contributed by atoms with Gasteiger partial charge in [-0.2, -0.15) is 5.10 Å². The summed E-state index contributed by atoms with van der Waals surface area (Å²) in [5.74, 6) is 0.666. The monoisotopic (exact) mass is 559 g/mol. The summed E-state index contributed by atoms with van der Waals surface area (Å²) in [6.45, 7) is 16.3. The Morgan fingerprint density at radius 3 is 2.22 bits per heavy atom. The molecule has 0 N–H and O–H groups in total. The third kappa shape index (κ3) is 6.80. The molecule has 11 heteroatoms. The molecular formula is C26H38ClN5O3Si2. The molecule has 0 bridgehead atoms. The van der Waals surface area contributed by atoms with Crippen LogP contribution in [0.1, 0.15) is 0 Å².